The Morgan fingerprint density at radius 3 is 2.86 bits per heavy atom. The number of ether oxygens (including phenoxy) is 1. The van der Waals surface area contributed by atoms with Crippen molar-refractivity contribution in [2.75, 3.05) is 29.5 Å². The molecule has 0 atom stereocenters. The SMILES string of the molecule is CCc1c(-c2cc3cc(NC(=O)O)ncc3c(N)c2F)cnc2c1NCCO2.Cl. The zero-order valence-electron chi connectivity index (χ0n) is 15.5. The van der Waals surface area contributed by atoms with Gasteiger partial charge >= 0.3 is 6.09 Å². The lowest BCUT2D eigenvalue weighted by Crippen LogP contribution is -2.20. The van der Waals surface area contributed by atoms with E-state index in [2.05, 4.69) is 20.6 Å². The van der Waals surface area contributed by atoms with E-state index in [1.165, 1.54) is 12.3 Å². The number of nitrogens with zero attached hydrogens (tertiary/aromatic N) is 2. The molecule has 4 rings (SSSR count). The lowest BCUT2D eigenvalue weighted by molar-refractivity contribution is 0.209. The van der Waals surface area contributed by atoms with Crippen LogP contribution in [0.1, 0.15) is 12.5 Å². The molecule has 0 radical (unpaired) electrons. The molecule has 10 heteroatoms. The molecule has 29 heavy (non-hydrogen) atoms. The largest absolute Gasteiger partial charge is 0.474 e. The minimum atomic E-state index is -1.24. The van der Waals surface area contributed by atoms with Gasteiger partial charge < -0.3 is 20.9 Å². The van der Waals surface area contributed by atoms with Crippen LogP contribution in [0.4, 0.5) is 26.4 Å². The third kappa shape index (κ3) is 3.56. The Balaban J connectivity index is 0.00000240. The van der Waals surface area contributed by atoms with Crippen molar-refractivity contribution in [2.45, 2.75) is 13.3 Å². The quantitative estimate of drug-likeness (QED) is 0.475. The van der Waals surface area contributed by atoms with Crippen LogP contribution in [0.15, 0.2) is 24.5 Å². The molecule has 152 valence electrons. The van der Waals surface area contributed by atoms with Gasteiger partial charge in [0, 0.05) is 35.5 Å². The van der Waals surface area contributed by atoms with Crippen molar-refractivity contribution in [3.63, 3.8) is 0 Å². The van der Waals surface area contributed by atoms with E-state index in [9.17, 15) is 4.79 Å². The first-order valence-electron chi connectivity index (χ1n) is 8.76. The van der Waals surface area contributed by atoms with Gasteiger partial charge in [0.15, 0.2) is 5.82 Å². The summed E-state index contributed by atoms with van der Waals surface area (Å²) in [6.07, 6.45) is 2.33. The van der Waals surface area contributed by atoms with Crippen LogP contribution in [-0.2, 0) is 6.42 Å². The molecule has 3 heterocycles. The summed E-state index contributed by atoms with van der Waals surface area (Å²) in [4.78, 5) is 19.2. The fourth-order valence-electron chi connectivity index (χ4n) is 3.42. The smallest absolute Gasteiger partial charge is 0.410 e. The van der Waals surface area contributed by atoms with Crippen LogP contribution in [0.3, 0.4) is 0 Å². The van der Waals surface area contributed by atoms with Crippen LogP contribution in [0.25, 0.3) is 21.9 Å². The maximum absolute atomic E-state index is 15.1. The second-order valence-corrected chi connectivity index (χ2v) is 6.33. The number of carbonyl (C=O) groups is 1. The number of benzene rings is 1. The summed E-state index contributed by atoms with van der Waals surface area (Å²) < 4.78 is 20.7. The number of pyridine rings is 2. The molecule has 3 aromatic rings. The van der Waals surface area contributed by atoms with E-state index in [1.54, 1.807) is 12.3 Å². The summed E-state index contributed by atoms with van der Waals surface area (Å²) in [5.41, 5.74) is 8.50. The molecule has 0 bridgehead atoms. The van der Waals surface area contributed by atoms with Crippen molar-refractivity contribution in [2.24, 2.45) is 0 Å². The summed E-state index contributed by atoms with van der Waals surface area (Å²) in [7, 11) is 0. The number of nitrogen functional groups attached to an aromatic ring is 1. The highest BCUT2D eigenvalue weighted by atomic mass is 35.5. The normalized spacial score (nSPS) is 12.3. The molecule has 8 nitrogen and oxygen atoms in total. The van der Waals surface area contributed by atoms with Gasteiger partial charge in [-0.25, -0.2) is 19.2 Å². The van der Waals surface area contributed by atoms with E-state index in [0.29, 0.717) is 41.8 Å². The Kier molecular flexibility index (Phi) is 5.60. The van der Waals surface area contributed by atoms with E-state index in [0.717, 1.165) is 11.3 Å². The lowest BCUT2D eigenvalue weighted by atomic mass is 9.95. The Labute approximate surface area is 171 Å². The van der Waals surface area contributed by atoms with E-state index in [4.69, 9.17) is 15.6 Å². The number of anilines is 3. The van der Waals surface area contributed by atoms with Crippen LogP contribution in [-0.4, -0.2) is 34.3 Å². The fourth-order valence-corrected chi connectivity index (χ4v) is 3.42. The average Bonchev–Trinajstić information content (AvgIpc) is 2.69. The second kappa shape index (κ2) is 7.96. The predicted octanol–water partition coefficient (Wildman–Crippen LogP) is 3.90. The molecular formula is C19H19ClFN5O3. The van der Waals surface area contributed by atoms with Crippen molar-refractivity contribution in [1.82, 2.24) is 9.97 Å². The highest BCUT2D eigenvalue weighted by Gasteiger charge is 2.22. The molecule has 0 spiro atoms. The van der Waals surface area contributed by atoms with Gasteiger partial charge in [0.2, 0.25) is 5.88 Å². The molecule has 0 unspecified atom stereocenters. The molecular weight excluding hydrogens is 401 g/mol. The van der Waals surface area contributed by atoms with Gasteiger partial charge in [0.05, 0.1) is 5.69 Å². The first-order chi connectivity index (χ1) is 13.5. The van der Waals surface area contributed by atoms with Crippen molar-refractivity contribution >= 4 is 46.5 Å². The second-order valence-electron chi connectivity index (χ2n) is 6.33. The summed E-state index contributed by atoms with van der Waals surface area (Å²) in [6, 6.07) is 3.14. The van der Waals surface area contributed by atoms with Crippen molar-refractivity contribution in [1.29, 1.82) is 0 Å². The number of rotatable bonds is 3. The summed E-state index contributed by atoms with van der Waals surface area (Å²) >= 11 is 0. The zero-order chi connectivity index (χ0) is 19.8. The molecule has 0 fully saturated rings. The molecule has 0 saturated heterocycles. The van der Waals surface area contributed by atoms with Gasteiger partial charge in [-0.1, -0.05) is 6.92 Å². The standard InChI is InChI=1S/C19H18FN5O3.ClH/c1-2-10-13(8-24-18-17(10)22-3-4-28-18)11-5-9-6-14(25-19(26)27)23-7-12(9)16(21)15(11)20;/h5-8,22H,2-4,21H2,1H3,(H,23,25)(H,26,27);1H. The number of halogens is 2. The van der Waals surface area contributed by atoms with Gasteiger partial charge in [-0.15, -0.1) is 12.4 Å². The van der Waals surface area contributed by atoms with E-state index < -0.39 is 11.9 Å². The first-order valence-corrected chi connectivity index (χ1v) is 8.76. The summed E-state index contributed by atoms with van der Waals surface area (Å²) in [6.45, 7) is 3.13. The fraction of sp³-hybridized carbons (Fsp3) is 0.211. The van der Waals surface area contributed by atoms with E-state index >= 15 is 4.39 Å². The van der Waals surface area contributed by atoms with Gasteiger partial charge in [-0.2, -0.15) is 0 Å². The Morgan fingerprint density at radius 1 is 1.34 bits per heavy atom. The number of nitrogens with one attached hydrogen (secondary N) is 2. The van der Waals surface area contributed by atoms with Crippen LogP contribution >= 0.6 is 12.4 Å². The number of amides is 1. The molecule has 0 saturated carbocycles. The highest BCUT2D eigenvalue weighted by molar-refractivity contribution is 5.99. The highest BCUT2D eigenvalue weighted by Crippen LogP contribution is 2.40. The monoisotopic (exact) mass is 419 g/mol. The Bertz CT molecular complexity index is 1110. The third-order valence-electron chi connectivity index (χ3n) is 4.67. The number of carboxylic acid groups (broad SMARTS) is 1. The van der Waals surface area contributed by atoms with Crippen LogP contribution < -0.4 is 21.1 Å². The Hall–Kier alpha value is -3.33. The lowest BCUT2D eigenvalue weighted by Gasteiger charge is -2.23. The van der Waals surface area contributed by atoms with E-state index in [1.807, 2.05) is 6.92 Å². The van der Waals surface area contributed by atoms with Gasteiger partial charge in [-0.05, 0) is 29.5 Å². The number of hydrogen-bond acceptors (Lipinski definition) is 6. The molecule has 5 N–H and O–H groups in total. The first kappa shape index (κ1) is 20.4. The summed E-state index contributed by atoms with van der Waals surface area (Å²) in [5.74, 6) is 0.0610. The minimum Gasteiger partial charge on any atom is -0.474 e. The van der Waals surface area contributed by atoms with Crippen LogP contribution in [0.2, 0.25) is 0 Å². The molecule has 1 aliphatic heterocycles. The number of nitrogens with two attached hydrogens (primary N) is 1. The van der Waals surface area contributed by atoms with Crippen molar-refractivity contribution in [3.05, 3.63) is 35.9 Å². The maximum Gasteiger partial charge on any atom is 0.410 e. The molecule has 1 amide bonds. The van der Waals surface area contributed by atoms with Crippen LogP contribution in [0, 0.1) is 5.82 Å². The van der Waals surface area contributed by atoms with Gasteiger partial charge in [0.25, 0.3) is 0 Å². The predicted molar refractivity (Wildman–Crippen MR) is 112 cm³/mol. The van der Waals surface area contributed by atoms with Crippen LogP contribution in [0.5, 0.6) is 5.88 Å². The Morgan fingerprint density at radius 2 is 2.14 bits per heavy atom. The van der Waals surface area contributed by atoms with Gasteiger partial charge in [-0.3, -0.25) is 5.32 Å². The topological polar surface area (TPSA) is 122 Å². The molecule has 1 aromatic carbocycles. The van der Waals surface area contributed by atoms with Crippen molar-refractivity contribution < 1.29 is 19.0 Å². The molecule has 1 aliphatic rings. The number of hydrogen-bond donors (Lipinski definition) is 4. The third-order valence-corrected chi connectivity index (χ3v) is 4.67. The molecule has 2 aromatic heterocycles. The minimum absolute atomic E-state index is 0. The van der Waals surface area contributed by atoms with E-state index in [-0.39, 0.29) is 29.5 Å². The zero-order valence-corrected chi connectivity index (χ0v) is 16.3. The maximum atomic E-state index is 15.1. The number of aromatic nitrogens is 2. The number of fused-ring (bicyclic) bond motifs is 2. The van der Waals surface area contributed by atoms with Gasteiger partial charge in [0.1, 0.15) is 18.1 Å². The average molecular weight is 420 g/mol. The van der Waals surface area contributed by atoms with Crippen molar-refractivity contribution in [3.8, 4) is 17.0 Å². The molecule has 0 aliphatic carbocycles. The summed E-state index contributed by atoms with van der Waals surface area (Å²) in [5, 5.41) is 15.3.